The van der Waals surface area contributed by atoms with Crippen LogP contribution < -0.4 is 21.0 Å². The van der Waals surface area contributed by atoms with Crippen molar-refractivity contribution >= 4 is 19.5 Å². The van der Waals surface area contributed by atoms with E-state index in [1.165, 1.54) is 12.1 Å². The number of nitrogens with one attached hydrogen (secondary N) is 1. The topological polar surface area (TPSA) is 164 Å². The van der Waals surface area contributed by atoms with Gasteiger partial charge in [-0.3, -0.25) is 13.9 Å². The maximum atomic E-state index is 14.8. The number of halogens is 2. The number of carbonyl (C=O) groups excluding carboxylic acids is 1. The average Bonchev–Trinajstić information content (AvgIpc) is 3.17. The van der Waals surface area contributed by atoms with Gasteiger partial charge in [0.1, 0.15) is 29.3 Å². The molecule has 4 rings (SSSR count). The highest BCUT2D eigenvalue weighted by Gasteiger charge is 2.60. The van der Waals surface area contributed by atoms with Crippen LogP contribution in [0.15, 0.2) is 47.4 Å². The fourth-order valence-electron chi connectivity index (χ4n) is 3.84. The Morgan fingerprint density at radius 2 is 1.97 bits per heavy atom. The monoisotopic (exact) mass is 530 g/mol. The summed E-state index contributed by atoms with van der Waals surface area (Å²) in [5.41, 5.74) is 3.44. The molecule has 2 aliphatic rings. The molecule has 0 bridgehead atoms. The number of hydrogen-bond acceptors (Lipinski definition) is 10. The zero-order chi connectivity index (χ0) is 26.3. The van der Waals surface area contributed by atoms with Crippen LogP contribution in [0.2, 0.25) is 0 Å². The van der Waals surface area contributed by atoms with Crippen molar-refractivity contribution in [2.24, 2.45) is 0 Å². The third-order valence-electron chi connectivity index (χ3n) is 5.53. The van der Waals surface area contributed by atoms with E-state index in [0.717, 1.165) is 12.3 Å². The van der Waals surface area contributed by atoms with Gasteiger partial charge in [-0.1, -0.05) is 18.2 Å². The summed E-state index contributed by atoms with van der Waals surface area (Å²) >= 11 is 0. The number of nitrogens with two attached hydrogens (primary N) is 1. The van der Waals surface area contributed by atoms with Gasteiger partial charge in [-0.25, -0.2) is 9.36 Å². The maximum absolute atomic E-state index is 14.8. The molecule has 0 amide bonds. The number of carbonyl (C=O) groups is 1. The predicted molar refractivity (Wildman–Crippen MR) is 120 cm³/mol. The van der Waals surface area contributed by atoms with E-state index in [0.29, 0.717) is 4.57 Å². The second-order valence-corrected chi connectivity index (χ2v) is 10.6. The van der Waals surface area contributed by atoms with Crippen LogP contribution in [0.3, 0.4) is 0 Å². The molecule has 4 N–H and O–H groups in total. The molecule has 5 atom stereocenters. The summed E-state index contributed by atoms with van der Waals surface area (Å²) in [5.74, 6) is -4.71. The molecule has 15 heteroatoms. The highest BCUT2D eigenvalue weighted by molar-refractivity contribution is 7.52. The van der Waals surface area contributed by atoms with Crippen molar-refractivity contribution in [2.75, 3.05) is 12.3 Å². The molecule has 0 aliphatic carbocycles. The summed E-state index contributed by atoms with van der Waals surface area (Å²) in [4.78, 5) is 27.7. The molecule has 2 aromatic rings. The first-order chi connectivity index (χ1) is 16.8. The molecule has 0 radical (unpaired) electrons. The molecule has 12 nitrogen and oxygen atoms in total. The van der Waals surface area contributed by atoms with E-state index in [1.807, 2.05) is 0 Å². The minimum atomic E-state index is -4.40. The molecule has 196 valence electrons. The SMILES string of the molecule is CC1(C)CC(NP(=O)(OCC2O[C@@H](n3ccc(N)nc3=O)C(F)(F)[C@@H]2O)Oc2ccccc2)C(=O)O1. The Hall–Kier alpha value is -2.90. The summed E-state index contributed by atoms with van der Waals surface area (Å²) in [7, 11) is -4.40. The van der Waals surface area contributed by atoms with Crippen molar-refractivity contribution in [1.29, 1.82) is 0 Å². The smallest absolute Gasteiger partial charge is 0.458 e. The molecule has 0 saturated carbocycles. The van der Waals surface area contributed by atoms with E-state index in [-0.39, 0.29) is 18.0 Å². The Labute approximate surface area is 203 Å². The van der Waals surface area contributed by atoms with Crippen LogP contribution >= 0.6 is 7.75 Å². The Balaban J connectivity index is 1.54. The lowest BCUT2D eigenvalue weighted by Gasteiger charge is -2.24. The molecule has 2 aliphatic heterocycles. The van der Waals surface area contributed by atoms with E-state index < -0.39 is 62.0 Å². The molecule has 1 aromatic heterocycles. The highest BCUT2D eigenvalue weighted by atomic mass is 31.2. The summed E-state index contributed by atoms with van der Waals surface area (Å²) in [5, 5.41) is 12.7. The third kappa shape index (κ3) is 5.42. The number of hydrogen-bond donors (Lipinski definition) is 3. The predicted octanol–water partition coefficient (Wildman–Crippen LogP) is 1.61. The van der Waals surface area contributed by atoms with Gasteiger partial charge in [-0.05, 0) is 32.0 Å². The van der Waals surface area contributed by atoms with Gasteiger partial charge in [-0.2, -0.15) is 18.9 Å². The number of aromatic nitrogens is 2. The Kier molecular flexibility index (Phi) is 6.92. The number of esters is 1. The fraction of sp³-hybridized carbons (Fsp3) is 0.476. The van der Waals surface area contributed by atoms with E-state index >= 15 is 0 Å². The number of nitrogens with zero attached hydrogens (tertiary/aromatic N) is 2. The Bertz CT molecular complexity index is 1230. The van der Waals surface area contributed by atoms with E-state index in [4.69, 9.17) is 24.3 Å². The van der Waals surface area contributed by atoms with Crippen LogP contribution in [0.5, 0.6) is 5.75 Å². The lowest BCUT2D eigenvalue weighted by atomic mass is 10.0. The zero-order valence-electron chi connectivity index (χ0n) is 19.2. The molecule has 36 heavy (non-hydrogen) atoms. The number of aliphatic hydroxyl groups excluding tert-OH is 1. The van der Waals surface area contributed by atoms with Crippen molar-refractivity contribution in [3.63, 3.8) is 0 Å². The van der Waals surface area contributed by atoms with Gasteiger partial charge in [-0.15, -0.1) is 0 Å². The average molecular weight is 530 g/mol. The molecule has 1 aromatic carbocycles. The summed E-state index contributed by atoms with van der Waals surface area (Å²) in [6, 6.07) is 7.87. The minimum absolute atomic E-state index is 0.106. The van der Waals surface area contributed by atoms with Crippen LogP contribution in [-0.4, -0.2) is 57.0 Å². The first kappa shape index (κ1) is 26.2. The van der Waals surface area contributed by atoms with Crippen LogP contribution in [0.25, 0.3) is 0 Å². The van der Waals surface area contributed by atoms with Gasteiger partial charge < -0.3 is 24.8 Å². The minimum Gasteiger partial charge on any atom is -0.458 e. The van der Waals surface area contributed by atoms with Gasteiger partial charge in [0.2, 0.25) is 6.23 Å². The highest BCUT2D eigenvalue weighted by Crippen LogP contribution is 2.49. The lowest BCUT2D eigenvalue weighted by molar-refractivity contribution is -0.147. The van der Waals surface area contributed by atoms with Crippen LogP contribution in [0.1, 0.15) is 26.5 Å². The number of alkyl halides is 2. The third-order valence-corrected chi connectivity index (χ3v) is 7.10. The molecule has 2 fully saturated rings. The number of cyclic esters (lactones) is 1. The van der Waals surface area contributed by atoms with Crippen LogP contribution in [-0.2, 0) is 23.4 Å². The Morgan fingerprint density at radius 3 is 2.58 bits per heavy atom. The maximum Gasteiger partial charge on any atom is 0.459 e. The molecular weight excluding hydrogens is 505 g/mol. The van der Waals surface area contributed by atoms with Gasteiger partial charge in [0, 0.05) is 12.6 Å². The Morgan fingerprint density at radius 1 is 1.28 bits per heavy atom. The first-order valence-corrected chi connectivity index (χ1v) is 12.4. The first-order valence-electron chi connectivity index (χ1n) is 10.9. The molecule has 2 saturated heterocycles. The number of rotatable bonds is 8. The van der Waals surface area contributed by atoms with Crippen molar-refractivity contribution in [1.82, 2.24) is 14.6 Å². The van der Waals surface area contributed by atoms with Gasteiger partial charge in [0.15, 0.2) is 6.10 Å². The van der Waals surface area contributed by atoms with Crippen molar-refractivity contribution in [2.45, 2.75) is 56.3 Å². The number of anilines is 1. The summed E-state index contributed by atoms with van der Waals surface area (Å²) in [6.45, 7) is 2.48. The fourth-order valence-corrected chi connectivity index (χ4v) is 5.34. The van der Waals surface area contributed by atoms with Gasteiger partial charge >= 0.3 is 25.3 Å². The van der Waals surface area contributed by atoms with Crippen molar-refractivity contribution in [3.05, 3.63) is 53.1 Å². The van der Waals surface area contributed by atoms with Gasteiger partial charge in [0.25, 0.3) is 0 Å². The molecule has 3 heterocycles. The standard InChI is InChI=1S/C21H25F2N4O8P/c1-20(2)10-13(17(29)34-20)26-36(31,35-12-6-4-3-5-7-12)32-11-14-16(28)21(22,23)18(33-14)27-9-8-15(24)25-19(27)30/h3-9,13-14,16,18,28H,10-11H2,1-2H3,(H,26,31)(H2,24,25,30)/t13?,14?,16-,18-,36?/m1/s1. The molecule has 0 spiro atoms. The largest absolute Gasteiger partial charge is 0.459 e. The van der Waals surface area contributed by atoms with E-state index in [9.17, 15) is 28.0 Å². The normalized spacial score (nSPS) is 28.4. The van der Waals surface area contributed by atoms with Gasteiger partial charge in [0.05, 0.1) is 6.61 Å². The number of ether oxygens (including phenoxy) is 2. The molecular formula is C21H25F2N4O8P. The zero-order valence-corrected chi connectivity index (χ0v) is 20.1. The van der Waals surface area contributed by atoms with Crippen LogP contribution in [0, 0.1) is 0 Å². The molecule has 3 unspecified atom stereocenters. The van der Waals surface area contributed by atoms with E-state index in [1.54, 1.807) is 32.0 Å². The van der Waals surface area contributed by atoms with Crippen molar-refractivity contribution in [3.8, 4) is 5.75 Å². The summed E-state index contributed by atoms with van der Waals surface area (Å²) < 4.78 is 65.0. The number of aliphatic hydroxyl groups is 1. The van der Waals surface area contributed by atoms with Crippen molar-refractivity contribution < 1.29 is 41.8 Å². The quantitative estimate of drug-likeness (QED) is 0.335. The lowest BCUT2D eigenvalue weighted by Crippen LogP contribution is -2.42. The van der Waals surface area contributed by atoms with E-state index in [2.05, 4.69) is 10.1 Å². The van der Waals surface area contributed by atoms with Crippen LogP contribution in [0.4, 0.5) is 14.6 Å². The second kappa shape index (κ2) is 9.52. The second-order valence-electron chi connectivity index (χ2n) is 8.95. The number of nitrogen functional groups attached to an aromatic ring is 1. The number of benzene rings is 1. The number of para-hydroxylation sites is 1. The summed E-state index contributed by atoms with van der Waals surface area (Å²) in [6.07, 6.45) is -5.30.